The first-order chi connectivity index (χ1) is 7.54. The second-order valence-electron chi connectivity index (χ2n) is 3.43. The minimum Gasteiger partial charge on any atom is -0.383 e. The van der Waals surface area contributed by atoms with Gasteiger partial charge in [-0.25, -0.2) is 13.4 Å². The summed E-state index contributed by atoms with van der Waals surface area (Å²) >= 11 is 0. The van der Waals surface area contributed by atoms with E-state index in [0.29, 0.717) is 13.2 Å². The van der Waals surface area contributed by atoms with Gasteiger partial charge < -0.3 is 9.72 Å². The van der Waals surface area contributed by atoms with Gasteiger partial charge in [-0.1, -0.05) is 6.92 Å². The first kappa shape index (κ1) is 13.1. The lowest BCUT2D eigenvalue weighted by atomic mass is 10.4. The van der Waals surface area contributed by atoms with Crippen LogP contribution in [0.3, 0.4) is 0 Å². The van der Waals surface area contributed by atoms with E-state index in [1.165, 1.54) is 16.8 Å². The van der Waals surface area contributed by atoms with Gasteiger partial charge in [0.05, 0.1) is 19.1 Å². The molecule has 92 valence electrons. The molecule has 0 amide bonds. The molecule has 0 aliphatic rings. The van der Waals surface area contributed by atoms with E-state index in [9.17, 15) is 8.42 Å². The molecule has 16 heavy (non-hydrogen) atoms. The molecule has 0 aliphatic carbocycles. The molecule has 1 unspecified atom stereocenters. The molecule has 0 spiro atoms. The molecule has 0 aliphatic heterocycles. The average Bonchev–Trinajstić information content (AvgIpc) is 2.71. The predicted octanol–water partition coefficient (Wildman–Crippen LogP) is 0.455. The monoisotopic (exact) mass is 247 g/mol. The molecule has 0 aromatic carbocycles. The molecule has 0 radical (unpaired) electrons. The first-order valence-electron chi connectivity index (χ1n) is 5.03. The van der Waals surface area contributed by atoms with E-state index in [-0.39, 0.29) is 11.1 Å². The zero-order valence-corrected chi connectivity index (χ0v) is 10.5. The number of aromatic amines is 1. The number of hydrogen-bond donors (Lipinski definition) is 1. The van der Waals surface area contributed by atoms with Crippen LogP contribution in [-0.2, 0) is 14.8 Å². The number of likely N-dealkylation sites (N-methyl/N-ethyl adjacent to an activating group) is 1. The summed E-state index contributed by atoms with van der Waals surface area (Å²) < 4.78 is 30.6. The third kappa shape index (κ3) is 2.60. The third-order valence-corrected chi connectivity index (χ3v) is 4.29. The summed E-state index contributed by atoms with van der Waals surface area (Å²) in [6.07, 6.45) is 2.65. The summed E-state index contributed by atoms with van der Waals surface area (Å²) in [6, 6.07) is -0.205. The number of methoxy groups -OCH3 is 1. The first-order valence-corrected chi connectivity index (χ1v) is 6.47. The topological polar surface area (TPSA) is 75.3 Å². The van der Waals surface area contributed by atoms with Crippen LogP contribution in [0.25, 0.3) is 0 Å². The number of nitrogens with zero attached hydrogens (tertiary/aromatic N) is 2. The van der Waals surface area contributed by atoms with Gasteiger partial charge in [0.25, 0.3) is 10.0 Å². The Morgan fingerprint density at radius 1 is 1.62 bits per heavy atom. The fourth-order valence-corrected chi connectivity index (χ4v) is 3.08. The van der Waals surface area contributed by atoms with Gasteiger partial charge >= 0.3 is 0 Å². The van der Waals surface area contributed by atoms with Crippen molar-refractivity contribution in [2.24, 2.45) is 0 Å². The summed E-state index contributed by atoms with van der Waals surface area (Å²) in [6.45, 7) is 4.36. The van der Waals surface area contributed by atoms with Crippen LogP contribution in [0.4, 0.5) is 0 Å². The summed E-state index contributed by atoms with van der Waals surface area (Å²) in [5.41, 5.74) is 0. The van der Waals surface area contributed by atoms with E-state index in [0.717, 1.165) is 0 Å². The Morgan fingerprint density at radius 3 is 2.75 bits per heavy atom. The third-order valence-electron chi connectivity index (χ3n) is 2.27. The van der Waals surface area contributed by atoms with Gasteiger partial charge in [-0.2, -0.15) is 4.31 Å². The van der Waals surface area contributed by atoms with Gasteiger partial charge in [0.1, 0.15) is 0 Å². The Labute approximate surface area is 95.7 Å². The van der Waals surface area contributed by atoms with Gasteiger partial charge in [-0.3, -0.25) is 0 Å². The number of nitrogens with one attached hydrogen (secondary N) is 1. The Bertz CT molecular complexity index is 402. The molecule has 6 nitrogen and oxygen atoms in total. The Morgan fingerprint density at radius 2 is 2.31 bits per heavy atom. The lowest BCUT2D eigenvalue weighted by Crippen LogP contribution is -2.40. The zero-order valence-electron chi connectivity index (χ0n) is 9.67. The standard InChI is InChI=1S/C9H17N3O3S/c1-4-12(8(2)6-15-3)16(13,14)9-5-10-7-11-9/h5,7-8H,4,6H2,1-3H3,(H,10,11). The van der Waals surface area contributed by atoms with Crippen LogP contribution >= 0.6 is 0 Å². The van der Waals surface area contributed by atoms with Crippen molar-refractivity contribution in [1.29, 1.82) is 0 Å². The van der Waals surface area contributed by atoms with E-state index >= 15 is 0 Å². The molecule has 1 heterocycles. The molecule has 0 saturated carbocycles. The lowest BCUT2D eigenvalue weighted by Gasteiger charge is -2.25. The summed E-state index contributed by atoms with van der Waals surface area (Å²) in [5, 5.41) is 0.109. The minimum absolute atomic E-state index is 0.109. The largest absolute Gasteiger partial charge is 0.383 e. The van der Waals surface area contributed by atoms with Crippen LogP contribution < -0.4 is 0 Å². The smallest absolute Gasteiger partial charge is 0.260 e. The molecular formula is C9H17N3O3S. The van der Waals surface area contributed by atoms with Gasteiger partial charge in [0, 0.05) is 19.7 Å². The van der Waals surface area contributed by atoms with Crippen molar-refractivity contribution in [3.05, 3.63) is 12.5 Å². The number of rotatable bonds is 6. The molecule has 0 bridgehead atoms. The molecule has 1 aromatic rings. The van der Waals surface area contributed by atoms with Crippen LogP contribution in [0, 0.1) is 0 Å². The van der Waals surface area contributed by atoms with Crippen LogP contribution in [0.5, 0.6) is 0 Å². The van der Waals surface area contributed by atoms with Crippen molar-refractivity contribution in [1.82, 2.24) is 14.3 Å². The van der Waals surface area contributed by atoms with Crippen molar-refractivity contribution in [2.45, 2.75) is 24.9 Å². The van der Waals surface area contributed by atoms with E-state index in [2.05, 4.69) is 9.97 Å². The number of sulfonamides is 1. The van der Waals surface area contributed by atoms with Crippen molar-refractivity contribution in [3.8, 4) is 0 Å². The van der Waals surface area contributed by atoms with Gasteiger partial charge in [-0.15, -0.1) is 0 Å². The highest BCUT2D eigenvalue weighted by atomic mass is 32.2. The second-order valence-corrected chi connectivity index (χ2v) is 5.29. The maximum absolute atomic E-state index is 12.1. The molecule has 0 fully saturated rings. The number of H-pyrrole nitrogens is 1. The zero-order chi connectivity index (χ0) is 12.2. The predicted molar refractivity (Wildman–Crippen MR) is 59.5 cm³/mol. The Kier molecular flexibility index (Phi) is 4.45. The van der Waals surface area contributed by atoms with Crippen LogP contribution in [0.15, 0.2) is 17.6 Å². The molecule has 1 rings (SSSR count). The molecule has 1 aromatic heterocycles. The van der Waals surface area contributed by atoms with E-state index in [1.54, 1.807) is 21.0 Å². The number of aromatic nitrogens is 2. The summed E-state index contributed by atoms with van der Waals surface area (Å²) in [7, 11) is -1.95. The minimum atomic E-state index is -3.49. The molecule has 1 N–H and O–H groups in total. The fraction of sp³-hybridized carbons (Fsp3) is 0.667. The number of ether oxygens (including phenoxy) is 1. The van der Waals surface area contributed by atoms with Gasteiger partial charge in [0.15, 0.2) is 5.03 Å². The van der Waals surface area contributed by atoms with E-state index in [1.807, 2.05) is 0 Å². The van der Waals surface area contributed by atoms with E-state index < -0.39 is 10.0 Å². The second kappa shape index (κ2) is 5.42. The summed E-state index contributed by atoms with van der Waals surface area (Å²) in [5.74, 6) is 0. The summed E-state index contributed by atoms with van der Waals surface area (Å²) in [4.78, 5) is 6.33. The van der Waals surface area contributed by atoms with Gasteiger partial charge in [0.2, 0.25) is 0 Å². The van der Waals surface area contributed by atoms with Crippen molar-refractivity contribution < 1.29 is 13.2 Å². The number of imidazole rings is 1. The molecule has 7 heteroatoms. The Hall–Kier alpha value is -0.920. The number of hydrogen-bond acceptors (Lipinski definition) is 4. The average molecular weight is 247 g/mol. The lowest BCUT2D eigenvalue weighted by molar-refractivity contribution is 0.142. The maximum Gasteiger partial charge on any atom is 0.260 e. The molecular weight excluding hydrogens is 230 g/mol. The van der Waals surface area contributed by atoms with Crippen molar-refractivity contribution in [3.63, 3.8) is 0 Å². The fourth-order valence-electron chi connectivity index (χ4n) is 1.55. The van der Waals surface area contributed by atoms with Crippen LogP contribution in [-0.4, -0.2) is 49.0 Å². The van der Waals surface area contributed by atoms with Crippen molar-refractivity contribution in [2.75, 3.05) is 20.3 Å². The normalized spacial score (nSPS) is 14.2. The van der Waals surface area contributed by atoms with Crippen molar-refractivity contribution >= 4 is 10.0 Å². The highest BCUT2D eigenvalue weighted by Gasteiger charge is 2.28. The van der Waals surface area contributed by atoms with Gasteiger partial charge in [-0.05, 0) is 6.92 Å². The Balaban J connectivity index is 2.96. The van der Waals surface area contributed by atoms with Crippen LogP contribution in [0.1, 0.15) is 13.8 Å². The quantitative estimate of drug-likeness (QED) is 0.792. The molecule has 1 atom stereocenters. The maximum atomic E-state index is 12.1. The highest BCUT2D eigenvalue weighted by Crippen LogP contribution is 2.15. The van der Waals surface area contributed by atoms with Crippen LogP contribution in [0.2, 0.25) is 0 Å². The SMILES string of the molecule is CCN(C(C)COC)S(=O)(=O)c1cnc[nH]1. The highest BCUT2D eigenvalue weighted by molar-refractivity contribution is 7.89. The van der Waals surface area contributed by atoms with E-state index in [4.69, 9.17) is 4.74 Å². The molecule has 0 saturated heterocycles.